The number of rotatable bonds is 2. The Morgan fingerprint density at radius 3 is 2.82 bits per heavy atom. The van der Waals surface area contributed by atoms with Crippen molar-refractivity contribution in [3.8, 4) is 0 Å². The molecule has 0 atom stereocenters. The molecule has 0 saturated carbocycles. The number of hydrogen-bond donors (Lipinski definition) is 1. The predicted octanol–water partition coefficient (Wildman–Crippen LogP) is 4.64. The van der Waals surface area contributed by atoms with Crippen LogP contribution in [0.15, 0.2) is 34.8 Å². The quantitative estimate of drug-likeness (QED) is 0.746. The van der Waals surface area contributed by atoms with E-state index in [4.69, 9.17) is 0 Å². The van der Waals surface area contributed by atoms with Crippen LogP contribution in [0.25, 0.3) is 21.0 Å². The highest BCUT2D eigenvalue weighted by Gasteiger charge is 2.09. The third kappa shape index (κ3) is 1.81. The summed E-state index contributed by atoms with van der Waals surface area (Å²) < 4.78 is 2.35. The van der Waals surface area contributed by atoms with E-state index in [0.29, 0.717) is 0 Å². The van der Waals surface area contributed by atoms with Crippen molar-refractivity contribution in [1.29, 1.82) is 0 Å². The molecule has 4 heteroatoms. The van der Waals surface area contributed by atoms with Gasteiger partial charge < -0.3 is 5.32 Å². The van der Waals surface area contributed by atoms with Crippen LogP contribution in [0.5, 0.6) is 0 Å². The highest BCUT2D eigenvalue weighted by Crippen LogP contribution is 2.35. The lowest BCUT2D eigenvalue weighted by atomic mass is 10.1. The second kappa shape index (κ2) is 4.27. The molecule has 0 radical (unpaired) electrons. The van der Waals surface area contributed by atoms with E-state index in [1.165, 1.54) is 15.5 Å². The molecule has 1 heterocycles. The predicted molar refractivity (Wildman–Crippen MR) is 79.0 cm³/mol. The van der Waals surface area contributed by atoms with Crippen molar-refractivity contribution >= 4 is 53.4 Å². The first-order valence-electron chi connectivity index (χ1n) is 5.51. The first-order valence-corrected chi connectivity index (χ1v) is 7.12. The summed E-state index contributed by atoms with van der Waals surface area (Å²) in [7, 11) is 0. The van der Waals surface area contributed by atoms with Crippen LogP contribution in [0.3, 0.4) is 0 Å². The minimum absolute atomic E-state index is 0.902. The maximum atomic E-state index is 4.66. The smallest absolute Gasteiger partial charge is 0.183 e. The van der Waals surface area contributed by atoms with Gasteiger partial charge >= 0.3 is 0 Å². The highest BCUT2D eigenvalue weighted by atomic mass is 79.9. The summed E-state index contributed by atoms with van der Waals surface area (Å²) in [6.07, 6.45) is 0. The molecule has 2 aromatic carbocycles. The standard InChI is InChI=1S/C13H11BrN2S/c1-2-15-13-16-12-9-6-4-3-5-8(9)10(14)7-11(12)17-13/h3-7H,2H2,1H3,(H,15,16). The summed E-state index contributed by atoms with van der Waals surface area (Å²) in [5.74, 6) is 0. The summed E-state index contributed by atoms with van der Waals surface area (Å²) in [6.45, 7) is 2.99. The van der Waals surface area contributed by atoms with Gasteiger partial charge in [-0.05, 0) is 18.4 Å². The Labute approximate surface area is 112 Å². The number of hydrogen-bond acceptors (Lipinski definition) is 3. The SMILES string of the molecule is CCNc1nc2c(cc(Br)c3ccccc32)s1. The molecule has 0 spiro atoms. The Morgan fingerprint density at radius 2 is 2.06 bits per heavy atom. The van der Waals surface area contributed by atoms with Crippen molar-refractivity contribution in [2.24, 2.45) is 0 Å². The average Bonchev–Trinajstić information content (AvgIpc) is 2.73. The molecule has 0 fully saturated rings. The third-order valence-electron chi connectivity index (χ3n) is 2.68. The van der Waals surface area contributed by atoms with Crippen molar-refractivity contribution in [3.05, 3.63) is 34.8 Å². The maximum absolute atomic E-state index is 4.66. The molecule has 1 aromatic heterocycles. The Bertz CT molecular complexity index is 690. The fourth-order valence-electron chi connectivity index (χ4n) is 1.94. The molecule has 0 saturated heterocycles. The van der Waals surface area contributed by atoms with Crippen molar-refractivity contribution < 1.29 is 0 Å². The summed E-state index contributed by atoms with van der Waals surface area (Å²) in [6, 6.07) is 10.5. The number of anilines is 1. The maximum Gasteiger partial charge on any atom is 0.183 e. The summed E-state index contributed by atoms with van der Waals surface area (Å²) in [4.78, 5) is 4.66. The molecule has 0 aliphatic rings. The van der Waals surface area contributed by atoms with Crippen LogP contribution < -0.4 is 5.32 Å². The van der Waals surface area contributed by atoms with Gasteiger partial charge in [0.15, 0.2) is 5.13 Å². The number of fused-ring (bicyclic) bond motifs is 3. The molecule has 3 rings (SSSR count). The molecule has 2 nitrogen and oxygen atoms in total. The minimum Gasteiger partial charge on any atom is -0.362 e. The van der Waals surface area contributed by atoms with Crippen LogP contribution in [0.4, 0.5) is 5.13 Å². The van der Waals surface area contributed by atoms with Crippen molar-refractivity contribution in [2.75, 3.05) is 11.9 Å². The number of benzene rings is 2. The molecule has 0 amide bonds. The fourth-order valence-corrected chi connectivity index (χ4v) is 3.66. The van der Waals surface area contributed by atoms with Gasteiger partial charge in [0.05, 0.1) is 10.2 Å². The summed E-state index contributed by atoms with van der Waals surface area (Å²) in [5, 5.41) is 6.69. The topological polar surface area (TPSA) is 24.9 Å². The van der Waals surface area contributed by atoms with Crippen molar-refractivity contribution in [3.63, 3.8) is 0 Å². The monoisotopic (exact) mass is 306 g/mol. The second-order valence-corrected chi connectivity index (χ2v) is 5.69. The largest absolute Gasteiger partial charge is 0.362 e. The van der Waals surface area contributed by atoms with Gasteiger partial charge in [-0.25, -0.2) is 4.98 Å². The highest BCUT2D eigenvalue weighted by molar-refractivity contribution is 9.10. The fraction of sp³-hybridized carbons (Fsp3) is 0.154. The van der Waals surface area contributed by atoms with E-state index >= 15 is 0 Å². The van der Waals surface area contributed by atoms with Gasteiger partial charge in [-0.3, -0.25) is 0 Å². The molecule has 1 N–H and O–H groups in total. The number of thiazole rings is 1. The lowest BCUT2D eigenvalue weighted by molar-refractivity contribution is 1.20. The summed E-state index contributed by atoms with van der Waals surface area (Å²) >= 11 is 5.32. The number of halogens is 1. The third-order valence-corrected chi connectivity index (χ3v) is 4.29. The van der Waals surface area contributed by atoms with Crippen LogP contribution in [0, 0.1) is 0 Å². The Kier molecular flexibility index (Phi) is 2.76. The van der Waals surface area contributed by atoms with E-state index in [1.54, 1.807) is 11.3 Å². The van der Waals surface area contributed by atoms with E-state index in [-0.39, 0.29) is 0 Å². The van der Waals surface area contributed by atoms with Crippen LogP contribution in [0.2, 0.25) is 0 Å². The Morgan fingerprint density at radius 1 is 1.29 bits per heavy atom. The summed E-state index contributed by atoms with van der Waals surface area (Å²) in [5.41, 5.74) is 1.09. The number of nitrogens with one attached hydrogen (secondary N) is 1. The molecule has 0 aliphatic carbocycles. The zero-order valence-electron chi connectivity index (χ0n) is 9.33. The van der Waals surface area contributed by atoms with Gasteiger partial charge in [0.25, 0.3) is 0 Å². The molecular formula is C13H11BrN2S. The molecule has 0 unspecified atom stereocenters. The lowest BCUT2D eigenvalue weighted by Gasteiger charge is -2.00. The van der Waals surface area contributed by atoms with E-state index in [9.17, 15) is 0 Å². The normalized spacial score (nSPS) is 11.2. The minimum atomic E-state index is 0.902. The average molecular weight is 307 g/mol. The Balaban J connectivity index is 2.38. The zero-order valence-corrected chi connectivity index (χ0v) is 11.7. The van der Waals surface area contributed by atoms with Gasteiger partial charge in [-0.1, -0.05) is 51.5 Å². The zero-order chi connectivity index (χ0) is 11.8. The first kappa shape index (κ1) is 11.0. The van der Waals surface area contributed by atoms with Gasteiger partial charge in [0, 0.05) is 16.4 Å². The van der Waals surface area contributed by atoms with Crippen molar-refractivity contribution in [2.45, 2.75) is 6.92 Å². The van der Waals surface area contributed by atoms with Crippen LogP contribution in [-0.2, 0) is 0 Å². The second-order valence-electron chi connectivity index (χ2n) is 3.80. The molecule has 86 valence electrons. The first-order chi connectivity index (χ1) is 8.29. The Hall–Kier alpha value is -1.13. The van der Waals surface area contributed by atoms with Crippen LogP contribution in [0.1, 0.15) is 6.92 Å². The molecule has 0 aliphatic heterocycles. The van der Waals surface area contributed by atoms with E-state index in [1.807, 2.05) is 0 Å². The number of aromatic nitrogens is 1. The van der Waals surface area contributed by atoms with Gasteiger partial charge in [0.2, 0.25) is 0 Å². The van der Waals surface area contributed by atoms with E-state index in [2.05, 4.69) is 63.5 Å². The van der Waals surface area contributed by atoms with Gasteiger partial charge in [0.1, 0.15) is 0 Å². The van der Waals surface area contributed by atoms with Gasteiger partial charge in [-0.15, -0.1) is 0 Å². The van der Waals surface area contributed by atoms with Crippen LogP contribution in [-0.4, -0.2) is 11.5 Å². The lowest BCUT2D eigenvalue weighted by Crippen LogP contribution is -1.94. The van der Waals surface area contributed by atoms with E-state index in [0.717, 1.165) is 21.7 Å². The molecule has 3 aromatic rings. The molecule has 0 bridgehead atoms. The molecule has 17 heavy (non-hydrogen) atoms. The number of nitrogens with zero attached hydrogens (tertiary/aromatic N) is 1. The van der Waals surface area contributed by atoms with Crippen molar-refractivity contribution in [1.82, 2.24) is 4.98 Å². The van der Waals surface area contributed by atoms with E-state index < -0.39 is 0 Å². The van der Waals surface area contributed by atoms with Crippen LogP contribution >= 0.6 is 27.3 Å². The molecular weight excluding hydrogens is 296 g/mol. The van der Waals surface area contributed by atoms with Gasteiger partial charge in [-0.2, -0.15) is 0 Å².